The molecule has 0 atom stereocenters. The SMILES string of the molecule is Cc1ccn(CCCNC(=O)/C=C/c2cnn(C)c2)n1. The monoisotopic (exact) mass is 273 g/mol. The van der Waals surface area contributed by atoms with Gasteiger partial charge in [-0.1, -0.05) is 0 Å². The van der Waals surface area contributed by atoms with E-state index in [1.807, 2.05) is 37.1 Å². The molecule has 6 heteroatoms. The van der Waals surface area contributed by atoms with Crippen molar-refractivity contribution in [3.63, 3.8) is 0 Å². The van der Waals surface area contributed by atoms with E-state index in [0.717, 1.165) is 24.2 Å². The lowest BCUT2D eigenvalue weighted by Gasteiger charge is -2.02. The van der Waals surface area contributed by atoms with E-state index in [1.165, 1.54) is 6.08 Å². The number of carbonyl (C=O) groups is 1. The summed E-state index contributed by atoms with van der Waals surface area (Å²) in [5, 5.41) is 11.2. The van der Waals surface area contributed by atoms with Crippen LogP contribution < -0.4 is 5.32 Å². The fourth-order valence-electron chi connectivity index (χ4n) is 1.80. The van der Waals surface area contributed by atoms with E-state index >= 15 is 0 Å². The van der Waals surface area contributed by atoms with E-state index in [2.05, 4.69) is 15.5 Å². The van der Waals surface area contributed by atoms with Gasteiger partial charge in [-0.2, -0.15) is 10.2 Å². The predicted molar refractivity (Wildman–Crippen MR) is 76.8 cm³/mol. The van der Waals surface area contributed by atoms with Crippen LogP contribution in [0.5, 0.6) is 0 Å². The Hall–Kier alpha value is -2.37. The summed E-state index contributed by atoms with van der Waals surface area (Å²) in [6.07, 6.45) is 9.63. The van der Waals surface area contributed by atoms with Crippen molar-refractivity contribution in [1.82, 2.24) is 24.9 Å². The van der Waals surface area contributed by atoms with E-state index in [-0.39, 0.29) is 5.91 Å². The second-order valence-corrected chi connectivity index (χ2v) is 4.65. The number of hydrogen-bond acceptors (Lipinski definition) is 3. The van der Waals surface area contributed by atoms with E-state index in [0.29, 0.717) is 6.54 Å². The first-order valence-corrected chi connectivity index (χ1v) is 6.58. The highest BCUT2D eigenvalue weighted by atomic mass is 16.1. The summed E-state index contributed by atoms with van der Waals surface area (Å²) in [5.41, 5.74) is 1.92. The van der Waals surface area contributed by atoms with Crippen LogP contribution in [-0.4, -0.2) is 32.0 Å². The van der Waals surface area contributed by atoms with Crippen molar-refractivity contribution in [2.45, 2.75) is 19.9 Å². The zero-order valence-electron chi connectivity index (χ0n) is 11.8. The summed E-state index contributed by atoms with van der Waals surface area (Å²) in [6, 6.07) is 1.97. The van der Waals surface area contributed by atoms with Crippen molar-refractivity contribution >= 4 is 12.0 Å². The van der Waals surface area contributed by atoms with Gasteiger partial charge < -0.3 is 5.32 Å². The lowest BCUT2D eigenvalue weighted by Crippen LogP contribution is -2.23. The molecule has 6 nitrogen and oxygen atoms in total. The molecule has 0 aliphatic heterocycles. The third-order valence-electron chi connectivity index (χ3n) is 2.79. The van der Waals surface area contributed by atoms with Gasteiger partial charge in [0, 0.05) is 44.2 Å². The standard InChI is InChI=1S/C14H19N5O/c1-12-6-9-19(17-12)8-3-7-15-14(20)5-4-13-10-16-18(2)11-13/h4-6,9-11H,3,7-8H2,1-2H3,(H,15,20)/b5-4+. The molecule has 0 spiro atoms. The zero-order valence-corrected chi connectivity index (χ0v) is 11.8. The second-order valence-electron chi connectivity index (χ2n) is 4.65. The number of hydrogen-bond donors (Lipinski definition) is 1. The molecule has 0 bridgehead atoms. The summed E-state index contributed by atoms with van der Waals surface area (Å²) in [6.45, 7) is 3.40. The number of amides is 1. The third-order valence-corrected chi connectivity index (χ3v) is 2.79. The maximum absolute atomic E-state index is 11.6. The molecule has 106 valence electrons. The Labute approximate surface area is 118 Å². The number of nitrogens with zero attached hydrogens (tertiary/aromatic N) is 4. The van der Waals surface area contributed by atoms with Crippen LogP contribution in [0.1, 0.15) is 17.7 Å². The van der Waals surface area contributed by atoms with Gasteiger partial charge in [-0.25, -0.2) is 0 Å². The molecule has 0 saturated heterocycles. The first kappa shape index (κ1) is 14.0. The molecule has 2 aromatic heterocycles. The minimum absolute atomic E-state index is 0.0921. The van der Waals surface area contributed by atoms with Gasteiger partial charge in [-0.15, -0.1) is 0 Å². The van der Waals surface area contributed by atoms with Crippen molar-refractivity contribution in [2.24, 2.45) is 7.05 Å². The molecule has 0 aliphatic carbocycles. The quantitative estimate of drug-likeness (QED) is 0.634. The molecule has 0 aromatic carbocycles. The number of carbonyl (C=O) groups excluding carboxylic acids is 1. The highest BCUT2D eigenvalue weighted by Gasteiger charge is 1.97. The Morgan fingerprint density at radius 3 is 3.00 bits per heavy atom. The van der Waals surface area contributed by atoms with Crippen LogP contribution in [0.3, 0.4) is 0 Å². The summed E-state index contributed by atoms with van der Waals surface area (Å²) in [5.74, 6) is -0.0921. The van der Waals surface area contributed by atoms with Crippen LogP contribution in [0.25, 0.3) is 6.08 Å². The summed E-state index contributed by atoms with van der Waals surface area (Å²) >= 11 is 0. The molecular formula is C14H19N5O. The van der Waals surface area contributed by atoms with E-state index in [9.17, 15) is 4.79 Å². The average molecular weight is 273 g/mol. The fraction of sp³-hybridized carbons (Fsp3) is 0.357. The Morgan fingerprint density at radius 2 is 2.35 bits per heavy atom. The van der Waals surface area contributed by atoms with Gasteiger partial charge >= 0.3 is 0 Å². The van der Waals surface area contributed by atoms with Crippen molar-refractivity contribution in [1.29, 1.82) is 0 Å². The molecular weight excluding hydrogens is 254 g/mol. The Balaban J connectivity index is 1.66. The molecule has 0 aliphatic rings. The van der Waals surface area contributed by atoms with Gasteiger partial charge in [0.25, 0.3) is 0 Å². The van der Waals surface area contributed by atoms with Gasteiger partial charge in [0.1, 0.15) is 0 Å². The average Bonchev–Trinajstić information content (AvgIpc) is 3.01. The number of rotatable bonds is 6. The van der Waals surface area contributed by atoms with Gasteiger partial charge in [0.15, 0.2) is 0 Å². The molecule has 0 unspecified atom stereocenters. The molecule has 0 fully saturated rings. The Morgan fingerprint density at radius 1 is 1.50 bits per heavy atom. The van der Waals surface area contributed by atoms with Crippen LogP contribution in [0, 0.1) is 6.92 Å². The maximum Gasteiger partial charge on any atom is 0.244 e. The minimum Gasteiger partial charge on any atom is -0.352 e. The van der Waals surface area contributed by atoms with Gasteiger partial charge in [-0.05, 0) is 25.5 Å². The van der Waals surface area contributed by atoms with E-state index in [1.54, 1.807) is 17.0 Å². The Bertz CT molecular complexity index is 596. The topological polar surface area (TPSA) is 64.7 Å². The molecule has 0 radical (unpaired) electrons. The molecule has 0 saturated carbocycles. The van der Waals surface area contributed by atoms with Crippen molar-refractivity contribution in [2.75, 3.05) is 6.54 Å². The van der Waals surface area contributed by atoms with E-state index in [4.69, 9.17) is 0 Å². The van der Waals surface area contributed by atoms with Crippen LogP contribution in [-0.2, 0) is 18.4 Å². The van der Waals surface area contributed by atoms with Gasteiger partial charge in [0.05, 0.1) is 11.9 Å². The summed E-state index contributed by atoms with van der Waals surface area (Å²) in [4.78, 5) is 11.6. The normalized spacial score (nSPS) is 11.1. The second kappa shape index (κ2) is 6.70. The predicted octanol–water partition coefficient (Wildman–Crippen LogP) is 1.14. The lowest BCUT2D eigenvalue weighted by molar-refractivity contribution is -0.116. The van der Waals surface area contributed by atoms with Crippen LogP contribution in [0.4, 0.5) is 0 Å². The summed E-state index contributed by atoms with van der Waals surface area (Å²) in [7, 11) is 1.84. The maximum atomic E-state index is 11.6. The zero-order chi connectivity index (χ0) is 14.4. The summed E-state index contributed by atoms with van der Waals surface area (Å²) < 4.78 is 3.58. The first-order chi connectivity index (χ1) is 9.63. The van der Waals surface area contributed by atoms with E-state index < -0.39 is 0 Å². The number of aromatic nitrogens is 4. The molecule has 2 rings (SSSR count). The molecule has 20 heavy (non-hydrogen) atoms. The first-order valence-electron chi connectivity index (χ1n) is 6.58. The van der Waals surface area contributed by atoms with Crippen LogP contribution in [0.15, 0.2) is 30.7 Å². The third kappa shape index (κ3) is 4.38. The van der Waals surface area contributed by atoms with Gasteiger partial charge in [0.2, 0.25) is 5.91 Å². The largest absolute Gasteiger partial charge is 0.352 e. The highest BCUT2D eigenvalue weighted by molar-refractivity contribution is 5.91. The van der Waals surface area contributed by atoms with Crippen molar-refractivity contribution in [3.8, 4) is 0 Å². The molecule has 1 amide bonds. The minimum atomic E-state index is -0.0921. The molecule has 1 N–H and O–H groups in total. The van der Waals surface area contributed by atoms with Crippen LogP contribution in [0.2, 0.25) is 0 Å². The number of nitrogens with one attached hydrogen (secondary N) is 1. The smallest absolute Gasteiger partial charge is 0.244 e. The van der Waals surface area contributed by atoms with Crippen LogP contribution >= 0.6 is 0 Å². The van der Waals surface area contributed by atoms with Crippen molar-refractivity contribution < 1.29 is 4.79 Å². The fourth-order valence-corrected chi connectivity index (χ4v) is 1.80. The lowest BCUT2D eigenvalue weighted by atomic mass is 10.3. The Kier molecular flexibility index (Phi) is 4.70. The highest BCUT2D eigenvalue weighted by Crippen LogP contribution is 1.98. The molecule has 2 heterocycles. The number of aryl methyl sites for hydroxylation is 3. The molecule has 2 aromatic rings. The van der Waals surface area contributed by atoms with Gasteiger partial charge in [-0.3, -0.25) is 14.2 Å². The van der Waals surface area contributed by atoms with Crippen molar-refractivity contribution in [3.05, 3.63) is 42.0 Å².